The second-order valence-corrected chi connectivity index (χ2v) is 30.2. The van der Waals surface area contributed by atoms with E-state index in [0.717, 1.165) is 167 Å². The van der Waals surface area contributed by atoms with Gasteiger partial charge in [0, 0.05) is 25.7 Å². The van der Waals surface area contributed by atoms with Gasteiger partial charge in [-0.1, -0.05) is 304 Å². The van der Waals surface area contributed by atoms with E-state index in [4.69, 9.17) is 37.0 Å². The molecule has 0 spiro atoms. The van der Waals surface area contributed by atoms with Crippen LogP contribution >= 0.6 is 15.6 Å². The smallest absolute Gasteiger partial charge is 0.462 e. The summed E-state index contributed by atoms with van der Waals surface area (Å²) >= 11 is 0. The maximum atomic E-state index is 13.1. The first-order valence-electron chi connectivity index (χ1n) is 41.1. The van der Waals surface area contributed by atoms with Gasteiger partial charge in [-0.05, 0) is 128 Å². The number of phosphoric ester groups is 2. The molecule has 0 aromatic carbocycles. The molecule has 0 aliphatic heterocycles. The molecule has 0 aromatic heterocycles. The van der Waals surface area contributed by atoms with Gasteiger partial charge in [0.15, 0.2) is 12.2 Å². The van der Waals surface area contributed by atoms with Crippen molar-refractivity contribution >= 4 is 39.5 Å². The lowest BCUT2D eigenvalue weighted by molar-refractivity contribution is -0.161. The van der Waals surface area contributed by atoms with E-state index in [2.05, 4.69) is 137 Å². The number of esters is 4. The summed E-state index contributed by atoms with van der Waals surface area (Å²) < 4.78 is 68.7. The Balaban J connectivity index is 5.39. The van der Waals surface area contributed by atoms with Gasteiger partial charge in [-0.25, -0.2) is 9.13 Å². The average molecular weight is 1500 g/mol. The van der Waals surface area contributed by atoms with Crippen molar-refractivity contribution in [1.82, 2.24) is 0 Å². The van der Waals surface area contributed by atoms with Gasteiger partial charge in [0.1, 0.15) is 19.3 Å². The Labute approximate surface area is 632 Å². The highest BCUT2D eigenvalue weighted by Crippen LogP contribution is 2.45. The SMILES string of the molecule is CC/C=C\C/C=C\C/C=C\C/C=C\C/C=C\CCCCCC(=O)OCC(COP(=O)(O)OCC(O)COP(=O)(O)OCC(COC(=O)CCCCCCC/C=C\C/C=C\C/C=C\CC)OC(=O)CCCCCCC/C=C\CCCCCCCC)OC(=O)CCCCCCCCCCCCCCCCC. The lowest BCUT2D eigenvalue weighted by Gasteiger charge is -2.21. The van der Waals surface area contributed by atoms with Crippen LogP contribution in [-0.4, -0.2) is 96.7 Å². The van der Waals surface area contributed by atoms with Crippen LogP contribution in [0.3, 0.4) is 0 Å². The molecule has 104 heavy (non-hydrogen) atoms. The normalized spacial score (nSPS) is 14.4. The van der Waals surface area contributed by atoms with Gasteiger partial charge in [0.05, 0.1) is 26.4 Å². The van der Waals surface area contributed by atoms with Gasteiger partial charge in [0.25, 0.3) is 0 Å². The molecule has 0 radical (unpaired) electrons. The number of unbranched alkanes of at least 4 members (excludes halogenated alkanes) is 33. The lowest BCUT2D eigenvalue weighted by atomic mass is 10.0. The summed E-state index contributed by atoms with van der Waals surface area (Å²) in [4.78, 5) is 73.1. The Morgan fingerprint density at radius 1 is 0.279 bits per heavy atom. The Bertz CT molecular complexity index is 2390. The van der Waals surface area contributed by atoms with Crippen LogP contribution in [0.15, 0.2) is 109 Å². The number of phosphoric acid groups is 2. The van der Waals surface area contributed by atoms with E-state index in [1.807, 2.05) is 0 Å². The lowest BCUT2D eigenvalue weighted by Crippen LogP contribution is -2.30. The van der Waals surface area contributed by atoms with Gasteiger partial charge in [-0.2, -0.15) is 0 Å². The van der Waals surface area contributed by atoms with E-state index < -0.39 is 97.5 Å². The maximum absolute atomic E-state index is 13.1. The maximum Gasteiger partial charge on any atom is 0.472 e. The van der Waals surface area contributed by atoms with Crippen molar-refractivity contribution in [3.63, 3.8) is 0 Å². The van der Waals surface area contributed by atoms with E-state index in [1.54, 1.807) is 0 Å². The number of allylic oxidation sites excluding steroid dienone is 18. The zero-order chi connectivity index (χ0) is 76.0. The minimum Gasteiger partial charge on any atom is -0.462 e. The summed E-state index contributed by atoms with van der Waals surface area (Å²) in [5.41, 5.74) is 0. The van der Waals surface area contributed by atoms with Crippen molar-refractivity contribution in [2.24, 2.45) is 0 Å². The molecule has 0 saturated carbocycles. The molecule has 600 valence electrons. The molecule has 0 aliphatic rings. The molecule has 0 aromatic rings. The van der Waals surface area contributed by atoms with Crippen molar-refractivity contribution in [2.45, 2.75) is 367 Å². The summed E-state index contributed by atoms with van der Waals surface area (Å²) in [6, 6.07) is 0. The first-order valence-corrected chi connectivity index (χ1v) is 44.1. The molecule has 0 fully saturated rings. The van der Waals surface area contributed by atoms with Crippen LogP contribution in [0.4, 0.5) is 0 Å². The van der Waals surface area contributed by atoms with Crippen LogP contribution in [0.25, 0.3) is 0 Å². The largest absolute Gasteiger partial charge is 0.472 e. The standard InChI is InChI=1S/C85H148O17P2/c1-5-9-13-17-21-25-29-33-37-38-39-40-44-46-50-54-58-62-66-70-83(88)96-76-81(102-85(90)72-68-64-60-56-52-48-43-36-32-28-24-20-16-12-8-4)78-100-104(93,94)98-74-79(86)73-97-103(91,92)99-77-80(101-84(89)71-67-63-59-55-51-47-42-35-31-27-23-19-15-11-7-3)75-95-82(87)69-65-61-57-53-49-45-41-34-30-26-22-18-14-10-6-2/h9-10,13-14,21-22,25-26,33-35,37,39-42,46,50,79-81,86H,5-8,11-12,15-20,23-24,27-32,36,38,43-45,47-49,51-78H2,1-4H3,(H,91,92)(H,93,94)/b13-9-,14-10-,25-21-,26-22-,37-33-,40-39-,41-34-,42-35-,50-46-. The van der Waals surface area contributed by atoms with Crippen molar-refractivity contribution in [1.29, 1.82) is 0 Å². The molecule has 0 saturated heterocycles. The zero-order valence-corrected chi connectivity index (χ0v) is 67.5. The highest BCUT2D eigenvalue weighted by atomic mass is 31.2. The van der Waals surface area contributed by atoms with Crippen molar-refractivity contribution in [3.05, 3.63) is 109 Å². The van der Waals surface area contributed by atoms with E-state index >= 15 is 0 Å². The first kappa shape index (κ1) is 99.7. The predicted octanol–water partition coefficient (Wildman–Crippen LogP) is 24.1. The fourth-order valence-electron chi connectivity index (χ4n) is 11.0. The molecule has 0 bridgehead atoms. The quantitative estimate of drug-likeness (QED) is 0.0169. The molecule has 0 amide bonds. The number of hydrogen-bond acceptors (Lipinski definition) is 15. The number of carbonyl (C=O) groups excluding carboxylic acids is 4. The number of aliphatic hydroxyl groups is 1. The van der Waals surface area contributed by atoms with Crippen molar-refractivity contribution in [2.75, 3.05) is 39.6 Å². The van der Waals surface area contributed by atoms with Crippen LogP contribution in [0.5, 0.6) is 0 Å². The molecule has 3 N–H and O–H groups in total. The van der Waals surface area contributed by atoms with Gasteiger partial charge >= 0.3 is 39.5 Å². The molecule has 17 nitrogen and oxygen atoms in total. The van der Waals surface area contributed by atoms with Crippen LogP contribution in [0.2, 0.25) is 0 Å². The van der Waals surface area contributed by atoms with Crippen LogP contribution in [0.1, 0.15) is 349 Å². The third-order valence-corrected chi connectivity index (χ3v) is 19.1. The topological polar surface area (TPSA) is 237 Å². The highest BCUT2D eigenvalue weighted by Gasteiger charge is 2.30. The fraction of sp³-hybridized carbons (Fsp3) is 0.741. The number of carbonyl (C=O) groups is 4. The third kappa shape index (κ3) is 75.9. The summed E-state index contributed by atoms with van der Waals surface area (Å²) in [7, 11) is -9.97. The van der Waals surface area contributed by atoms with Crippen LogP contribution in [0, 0.1) is 0 Å². The van der Waals surface area contributed by atoms with Crippen molar-refractivity contribution in [3.8, 4) is 0 Å². The summed E-state index contributed by atoms with van der Waals surface area (Å²) in [6.07, 6.45) is 83.4. The molecule has 0 aliphatic carbocycles. The van der Waals surface area contributed by atoms with Crippen LogP contribution < -0.4 is 0 Å². The van der Waals surface area contributed by atoms with Crippen LogP contribution in [-0.2, 0) is 65.4 Å². The fourth-order valence-corrected chi connectivity index (χ4v) is 12.6. The van der Waals surface area contributed by atoms with E-state index in [1.165, 1.54) is 103 Å². The zero-order valence-electron chi connectivity index (χ0n) is 65.7. The predicted molar refractivity (Wildman–Crippen MR) is 427 cm³/mol. The Morgan fingerprint density at radius 3 is 0.788 bits per heavy atom. The first-order chi connectivity index (χ1) is 50.7. The molecular formula is C85H148O17P2. The Morgan fingerprint density at radius 2 is 0.500 bits per heavy atom. The van der Waals surface area contributed by atoms with E-state index in [0.29, 0.717) is 25.7 Å². The molecule has 5 atom stereocenters. The van der Waals surface area contributed by atoms with Gasteiger partial charge in [0.2, 0.25) is 0 Å². The summed E-state index contributed by atoms with van der Waals surface area (Å²) in [5.74, 6) is -2.22. The van der Waals surface area contributed by atoms with Gasteiger partial charge < -0.3 is 33.8 Å². The van der Waals surface area contributed by atoms with E-state index in [9.17, 15) is 43.2 Å². The second-order valence-electron chi connectivity index (χ2n) is 27.3. The summed E-state index contributed by atoms with van der Waals surface area (Å²) in [5, 5.41) is 10.7. The van der Waals surface area contributed by atoms with Crippen molar-refractivity contribution < 1.29 is 80.2 Å². The average Bonchev–Trinajstić information content (AvgIpc) is 0.918. The number of rotatable bonds is 77. The Hall–Kier alpha value is -4.28. The second kappa shape index (κ2) is 76.9. The number of hydrogen-bond donors (Lipinski definition) is 3. The van der Waals surface area contributed by atoms with Gasteiger partial charge in [-0.3, -0.25) is 37.3 Å². The molecule has 0 heterocycles. The highest BCUT2D eigenvalue weighted by molar-refractivity contribution is 7.47. The molecular weight excluding hydrogens is 1350 g/mol. The third-order valence-electron chi connectivity index (χ3n) is 17.2. The van der Waals surface area contributed by atoms with Gasteiger partial charge in [-0.15, -0.1) is 0 Å². The molecule has 5 unspecified atom stereocenters. The number of aliphatic hydroxyl groups excluding tert-OH is 1. The minimum atomic E-state index is -4.99. The Kier molecular flexibility index (Phi) is 73.7. The molecule has 19 heteroatoms. The monoisotopic (exact) mass is 1500 g/mol. The number of ether oxygens (including phenoxy) is 4. The minimum absolute atomic E-state index is 0.0808. The summed E-state index contributed by atoms with van der Waals surface area (Å²) in [6.45, 7) is 4.63. The van der Waals surface area contributed by atoms with E-state index in [-0.39, 0.29) is 25.7 Å². The molecule has 0 rings (SSSR count).